The third-order valence-electron chi connectivity index (χ3n) is 5.59. The third kappa shape index (κ3) is 5.33. The molecule has 0 aliphatic heterocycles. The summed E-state index contributed by atoms with van der Waals surface area (Å²) in [5.74, 6) is -0.705. The highest BCUT2D eigenvalue weighted by Gasteiger charge is 2.14. The molecule has 2 aromatic heterocycles. The van der Waals surface area contributed by atoms with Gasteiger partial charge in [0.2, 0.25) is 0 Å². The highest BCUT2D eigenvalue weighted by molar-refractivity contribution is 5.86. The molecule has 8 heteroatoms. The highest BCUT2D eigenvalue weighted by Crippen LogP contribution is 2.31. The van der Waals surface area contributed by atoms with Gasteiger partial charge < -0.3 is 10.6 Å². The molecule has 0 saturated heterocycles. The number of nitrogens with one attached hydrogen (secondary N) is 2. The Morgan fingerprint density at radius 1 is 0.694 bits per heavy atom. The Balaban J connectivity index is 1.41. The van der Waals surface area contributed by atoms with Crippen molar-refractivity contribution in [2.24, 2.45) is 0 Å². The smallest absolute Gasteiger partial charge is 0.315 e. The van der Waals surface area contributed by atoms with Crippen LogP contribution in [0.25, 0.3) is 33.5 Å². The number of benzene rings is 3. The minimum absolute atomic E-state index is 0.294. The molecule has 0 aliphatic rings. The van der Waals surface area contributed by atoms with Gasteiger partial charge in [-0.05, 0) is 77.9 Å². The number of fused-ring (bicyclic) bond motifs is 1. The van der Waals surface area contributed by atoms with E-state index in [1.54, 1.807) is 36.7 Å². The topological polar surface area (TPSA) is 79.8 Å². The van der Waals surface area contributed by atoms with Gasteiger partial charge in [0.15, 0.2) is 0 Å². The first-order valence-corrected chi connectivity index (χ1v) is 11.3. The van der Waals surface area contributed by atoms with Crippen molar-refractivity contribution in [3.8, 4) is 22.5 Å². The van der Waals surface area contributed by atoms with Crippen LogP contribution in [-0.4, -0.2) is 21.0 Å². The molecule has 0 saturated carbocycles. The normalized spacial score (nSPS) is 10.8. The second-order valence-corrected chi connectivity index (χ2v) is 8.16. The minimum atomic E-state index is -0.356. The lowest BCUT2D eigenvalue weighted by atomic mass is 10.0. The van der Waals surface area contributed by atoms with Gasteiger partial charge in [-0.2, -0.15) is 0 Å². The van der Waals surface area contributed by atoms with Crippen LogP contribution in [-0.2, 0) is 13.1 Å². The first-order chi connectivity index (χ1) is 17.5. The fourth-order valence-electron chi connectivity index (χ4n) is 3.76. The van der Waals surface area contributed by atoms with E-state index in [-0.39, 0.29) is 17.7 Å². The van der Waals surface area contributed by atoms with Crippen molar-refractivity contribution in [3.05, 3.63) is 114 Å². The molecule has 178 valence electrons. The third-order valence-corrected chi connectivity index (χ3v) is 5.59. The average Bonchev–Trinajstić information content (AvgIpc) is 2.91. The molecule has 2 amide bonds. The lowest BCUT2D eigenvalue weighted by molar-refractivity contribution is 0.240. The summed E-state index contributed by atoms with van der Waals surface area (Å²) in [5.41, 5.74) is 5.50. The Bertz CT molecular complexity index is 1510. The number of nitrogens with zero attached hydrogens (tertiary/aromatic N) is 3. The largest absolute Gasteiger partial charge is 0.334 e. The van der Waals surface area contributed by atoms with E-state index in [4.69, 9.17) is 9.97 Å². The van der Waals surface area contributed by atoms with Crippen LogP contribution in [0.5, 0.6) is 0 Å². The number of carbonyl (C=O) groups is 1. The predicted octanol–water partition coefficient (Wildman–Crippen LogP) is 5.64. The summed E-state index contributed by atoms with van der Waals surface area (Å²) in [5, 5.41) is 5.63. The van der Waals surface area contributed by atoms with Crippen LogP contribution >= 0.6 is 0 Å². The zero-order valence-electron chi connectivity index (χ0n) is 19.1. The van der Waals surface area contributed by atoms with Crippen molar-refractivity contribution in [1.29, 1.82) is 0 Å². The van der Waals surface area contributed by atoms with Crippen molar-refractivity contribution >= 4 is 17.1 Å². The van der Waals surface area contributed by atoms with E-state index in [1.165, 1.54) is 24.3 Å². The summed E-state index contributed by atoms with van der Waals surface area (Å²) in [7, 11) is 0. The summed E-state index contributed by atoms with van der Waals surface area (Å²) in [6.45, 7) is 0.665. The molecule has 6 nitrogen and oxygen atoms in total. The van der Waals surface area contributed by atoms with Crippen LogP contribution in [0, 0.1) is 11.6 Å². The Morgan fingerprint density at radius 2 is 1.28 bits per heavy atom. The van der Waals surface area contributed by atoms with Gasteiger partial charge in [0.25, 0.3) is 0 Å². The lowest BCUT2D eigenvalue weighted by Gasteiger charge is -2.12. The highest BCUT2D eigenvalue weighted by atomic mass is 19.1. The van der Waals surface area contributed by atoms with E-state index >= 15 is 0 Å². The van der Waals surface area contributed by atoms with Crippen LogP contribution in [0.3, 0.4) is 0 Å². The quantitative estimate of drug-likeness (QED) is 0.329. The summed E-state index contributed by atoms with van der Waals surface area (Å²) in [4.78, 5) is 25.9. The van der Waals surface area contributed by atoms with E-state index in [9.17, 15) is 13.6 Å². The number of urea groups is 1. The molecule has 0 spiro atoms. The van der Waals surface area contributed by atoms with Crippen LogP contribution in [0.2, 0.25) is 0 Å². The van der Waals surface area contributed by atoms with Gasteiger partial charge >= 0.3 is 6.03 Å². The van der Waals surface area contributed by atoms with E-state index < -0.39 is 0 Å². The van der Waals surface area contributed by atoms with Gasteiger partial charge in [-0.15, -0.1) is 0 Å². The Kier molecular flexibility index (Phi) is 6.57. The molecule has 5 aromatic rings. The van der Waals surface area contributed by atoms with Crippen LogP contribution in [0.4, 0.5) is 13.6 Å². The predicted molar refractivity (Wildman–Crippen MR) is 134 cm³/mol. The van der Waals surface area contributed by atoms with Crippen LogP contribution in [0.15, 0.2) is 91.3 Å². The van der Waals surface area contributed by atoms with Crippen molar-refractivity contribution in [2.75, 3.05) is 0 Å². The maximum Gasteiger partial charge on any atom is 0.315 e. The molecule has 3 aromatic carbocycles. The summed E-state index contributed by atoms with van der Waals surface area (Å²) >= 11 is 0. The van der Waals surface area contributed by atoms with Crippen molar-refractivity contribution < 1.29 is 13.6 Å². The molecule has 0 atom stereocenters. The number of halogens is 2. The Labute approximate surface area is 206 Å². The Hall–Kier alpha value is -4.72. The van der Waals surface area contributed by atoms with E-state index in [1.807, 2.05) is 30.3 Å². The fraction of sp³-hybridized carbons (Fsp3) is 0.0714. The SMILES string of the molecule is O=C(NCc1cccnc1)NCc1ccc2nc(-c3ccc(F)cc3)c(-c3ccc(F)cc3)nc2c1. The van der Waals surface area contributed by atoms with Crippen molar-refractivity contribution in [3.63, 3.8) is 0 Å². The lowest BCUT2D eigenvalue weighted by Crippen LogP contribution is -2.34. The molecule has 2 N–H and O–H groups in total. The fourth-order valence-corrected chi connectivity index (χ4v) is 3.76. The van der Waals surface area contributed by atoms with E-state index in [2.05, 4.69) is 15.6 Å². The maximum absolute atomic E-state index is 13.6. The molecule has 0 aliphatic carbocycles. The monoisotopic (exact) mass is 481 g/mol. The summed E-state index contributed by atoms with van der Waals surface area (Å²) < 4.78 is 27.1. The second kappa shape index (κ2) is 10.3. The standard InChI is InChI=1S/C28H21F2N5O/c29-22-8-4-20(5-9-22)26-27(21-6-10-23(30)11-7-21)35-25-14-18(3-12-24(25)34-26)16-32-28(36)33-17-19-2-1-13-31-15-19/h1-15H,16-17H2,(H2,32,33,36). The van der Waals surface area contributed by atoms with E-state index in [0.29, 0.717) is 46.6 Å². The number of amides is 2. The molecule has 0 radical (unpaired) electrons. The Morgan fingerprint density at radius 3 is 1.86 bits per heavy atom. The molecular formula is C28H21F2N5O. The zero-order valence-corrected chi connectivity index (χ0v) is 19.1. The molecular weight excluding hydrogens is 460 g/mol. The number of rotatable bonds is 6. The molecule has 36 heavy (non-hydrogen) atoms. The number of hydrogen-bond donors (Lipinski definition) is 2. The molecule has 0 bridgehead atoms. The number of pyridine rings is 1. The number of aromatic nitrogens is 3. The van der Waals surface area contributed by atoms with Crippen LogP contribution < -0.4 is 10.6 Å². The van der Waals surface area contributed by atoms with Gasteiger partial charge in [0, 0.05) is 36.6 Å². The maximum atomic E-state index is 13.6. The minimum Gasteiger partial charge on any atom is -0.334 e. The van der Waals surface area contributed by atoms with E-state index in [0.717, 1.165) is 11.1 Å². The van der Waals surface area contributed by atoms with Gasteiger partial charge in [-0.1, -0.05) is 12.1 Å². The van der Waals surface area contributed by atoms with Gasteiger partial charge in [-0.3, -0.25) is 4.98 Å². The number of hydrogen-bond acceptors (Lipinski definition) is 4. The molecule has 2 heterocycles. The summed E-state index contributed by atoms with van der Waals surface area (Å²) in [6, 6.07) is 20.9. The first-order valence-electron chi connectivity index (χ1n) is 11.3. The van der Waals surface area contributed by atoms with Crippen molar-refractivity contribution in [2.45, 2.75) is 13.1 Å². The van der Waals surface area contributed by atoms with Crippen LogP contribution in [0.1, 0.15) is 11.1 Å². The van der Waals surface area contributed by atoms with Gasteiger partial charge in [0.1, 0.15) is 11.6 Å². The summed E-state index contributed by atoms with van der Waals surface area (Å²) in [6.07, 6.45) is 3.37. The van der Waals surface area contributed by atoms with Crippen molar-refractivity contribution in [1.82, 2.24) is 25.6 Å². The van der Waals surface area contributed by atoms with Gasteiger partial charge in [-0.25, -0.2) is 23.5 Å². The molecule has 5 rings (SSSR count). The molecule has 0 fully saturated rings. The molecule has 0 unspecified atom stereocenters. The van der Waals surface area contributed by atoms with Gasteiger partial charge in [0.05, 0.1) is 22.4 Å². The second-order valence-electron chi connectivity index (χ2n) is 8.16. The zero-order chi connectivity index (χ0) is 24.9. The first kappa shape index (κ1) is 23.0. The number of carbonyl (C=O) groups excluding carboxylic acids is 1. The average molecular weight is 482 g/mol.